The Hall–Kier alpha value is -2.35. The first kappa shape index (κ1) is 11.7. The van der Waals surface area contributed by atoms with E-state index in [4.69, 9.17) is 5.73 Å². The Morgan fingerprint density at radius 3 is 2.62 bits per heavy atom. The monoisotopic (exact) mass is 221 g/mol. The largest absolute Gasteiger partial charge is 0.465 e. The number of esters is 1. The van der Waals surface area contributed by atoms with Gasteiger partial charge in [0, 0.05) is 5.56 Å². The summed E-state index contributed by atoms with van der Waals surface area (Å²) in [7, 11) is 1.18. The van der Waals surface area contributed by atoms with Gasteiger partial charge in [-0.25, -0.2) is 9.18 Å². The molecule has 82 valence electrons. The summed E-state index contributed by atoms with van der Waals surface area (Å²) in [5.74, 6) is 2.22. The molecule has 0 aliphatic heterocycles. The Bertz CT molecular complexity index is 500. The van der Waals surface area contributed by atoms with Crippen LogP contribution in [0, 0.1) is 17.7 Å². The van der Waals surface area contributed by atoms with E-state index in [-0.39, 0.29) is 11.1 Å². The molecule has 0 saturated carbocycles. The van der Waals surface area contributed by atoms with Gasteiger partial charge in [0.1, 0.15) is 5.82 Å². The maximum Gasteiger partial charge on any atom is 0.337 e. The van der Waals surface area contributed by atoms with Gasteiger partial charge in [-0.15, -0.1) is 0 Å². The molecule has 1 aromatic rings. The van der Waals surface area contributed by atoms with Crippen molar-refractivity contribution in [2.45, 2.75) is 0 Å². The second kappa shape index (κ2) is 4.94. The lowest BCUT2D eigenvalue weighted by Gasteiger charge is -2.00. The van der Waals surface area contributed by atoms with Gasteiger partial charge in [-0.05, 0) is 24.1 Å². The number of primary amides is 1. The van der Waals surface area contributed by atoms with Crippen molar-refractivity contribution in [1.82, 2.24) is 0 Å². The molecule has 0 atom stereocenters. The lowest BCUT2D eigenvalue weighted by atomic mass is 10.1. The van der Waals surface area contributed by atoms with Crippen molar-refractivity contribution in [2.75, 3.05) is 7.11 Å². The summed E-state index contributed by atoms with van der Waals surface area (Å²) in [6, 6.07) is 3.41. The van der Waals surface area contributed by atoms with Gasteiger partial charge >= 0.3 is 5.97 Å². The van der Waals surface area contributed by atoms with Crippen LogP contribution in [0.5, 0.6) is 0 Å². The van der Waals surface area contributed by atoms with E-state index in [1.165, 1.54) is 13.2 Å². The van der Waals surface area contributed by atoms with Crippen molar-refractivity contribution < 1.29 is 18.7 Å². The third kappa shape index (κ3) is 3.10. The highest BCUT2D eigenvalue weighted by molar-refractivity contribution is 5.93. The van der Waals surface area contributed by atoms with Crippen LogP contribution in [0.2, 0.25) is 0 Å². The second-order valence-electron chi connectivity index (χ2n) is 2.83. The number of methoxy groups -OCH3 is 1. The highest BCUT2D eigenvalue weighted by Gasteiger charge is 2.07. The van der Waals surface area contributed by atoms with Crippen molar-refractivity contribution in [3.63, 3.8) is 0 Å². The number of hydrogen-bond donors (Lipinski definition) is 1. The van der Waals surface area contributed by atoms with E-state index in [1.54, 1.807) is 0 Å². The highest BCUT2D eigenvalue weighted by Crippen LogP contribution is 2.09. The molecule has 1 rings (SSSR count). The number of rotatable bonds is 1. The first-order valence-corrected chi connectivity index (χ1v) is 4.23. The number of nitrogens with two attached hydrogens (primary N) is 1. The predicted molar refractivity (Wildman–Crippen MR) is 53.8 cm³/mol. The number of carbonyl (C=O) groups excluding carboxylic acids is 2. The fourth-order valence-electron chi connectivity index (χ4n) is 1.03. The van der Waals surface area contributed by atoms with Crippen molar-refractivity contribution in [1.29, 1.82) is 0 Å². The van der Waals surface area contributed by atoms with Crippen LogP contribution in [-0.4, -0.2) is 19.0 Å². The minimum Gasteiger partial charge on any atom is -0.465 e. The maximum absolute atomic E-state index is 13.1. The molecule has 0 bridgehead atoms. The van der Waals surface area contributed by atoms with Gasteiger partial charge in [0.25, 0.3) is 5.91 Å². The van der Waals surface area contributed by atoms with Crippen LogP contribution in [0.1, 0.15) is 15.9 Å². The lowest BCUT2D eigenvalue weighted by Crippen LogP contribution is -2.06. The van der Waals surface area contributed by atoms with E-state index < -0.39 is 17.7 Å². The number of halogens is 1. The zero-order chi connectivity index (χ0) is 12.1. The minimum absolute atomic E-state index is 0.0243. The third-order valence-corrected chi connectivity index (χ3v) is 1.65. The molecule has 1 aromatic carbocycles. The maximum atomic E-state index is 13.1. The highest BCUT2D eigenvalue weighted by atomic mass is 19.1. The second-order valence-corrected chi connectivity index (χ2v) is 2.83. The number of amides is 1. The minimum atomic E-state index is -0.830. The lowest BCUT2D eigenvalue weighted by molar-refractivity contribution is -0.112. The number of hydrogen-bond acceptors (Lipinski definition) is 3. The Labute approximate surface area is 91.2 Å². The van der Waals surface area contributed by atoms with E-state index in [0.29, 0.717) is 0 Å². The summed E-state index contributed by atoms with van der Waals surface area (Å²) in [6.45, 7) is 0. The molecule has 0 spiro atoms. The molecular weight excluding hydrogens is 213 g/mol. The van der Waals surface area contributed by atoms with Crippen LogP contribution in [0.15, 0.2) is 18.2 Å². The number of benzene rings is 1. The Morgan fingerprint density at radius 1 is 1.38 bits per heavy atom. The van der Waals surface area contributed by atoms with Gasteiger partial charge < -0.3 is 10.5 Å². The molecule has 5 heteroatoms. The van der Waals surface area contributed by atoms with Crippen LogP contribution in [0.25, 0.3) is 0 Å². The van der Waals surface area contributed by atoms with Crippen LogP contribution in [-0.2, 0) is 9.53 Å². The Morgan fingerprint density at radius 2 is 2.06 bits per heavy atom. The molecule has 0 saturated heterocycles. The molecule has 0 aliphatic carbocycles. The third-order valence-electron chi connectivity index (χ3n) is 1.65. The molecule has 0 unspecified atom stereocenters. The summed E-state index contributed by atoms with van der Waals surface area (Å²) in [5, 5.41) is 0. The van der Waals surface area contributed by atoms with Crippen molar-refractivity contribution in [3.8, 4) is 11.8 Å². The van der Waals surface area contributed by atoms with Crippen LogP contribution < -0.4 is 5.73 Å². The smallest absolute Gasteiger partial charge is 0.337 e. The van der Waals surface area contributed by atoms with Crippen molar-refractivity contribution in [3.05, 3.63) is 35.1 Å². The topological polar surface area (TPSA) is 69.4 Å². The molecule has 0 radical (unpaired) electrons. The first-order valence-electron chi connectivity index (χ1n) is 4.23. The fraction of sp³-hybridized carbons (Fsp3) is 0.0909. The van der Waals surface area contributed by atoms with E-state index in [0.717, 1.165) is 12.1 Å². The van der Waals surface area contributed by atoms with Crippen LogP contribution in [0.4, 0.5) is 4.39 Å². The van der Waals surface area contributed by atoms with Crippen molar-refractivity contribution >= 4 is 11.9 Å². The zero-order valence-electron chi connectivity index (χ0n) is 8.41. The SMILES string of the molecule is COC(=O)c1cc(F)cc(C#CC(N)=O)c1. The average molecular weight is 221 g/mol. The summed E-state index contributed by atoms with van der Waals surface area (Å²) in [5.41, 5.74) is 5.01. The number of carbonyl (C=O) groups is 2. The Balaban J connectivity index is 3.14. The summed E-state index contributed by atoms with van der Waals surface area (Å²) >= 11 is 0. The fourth-order valence-corrected chi connectivity index (χ4v) is 1.03. The van der Waals surface area contributed by atoms with E-state index in [9.17, 15) is 14.0 Å². The Kier molecular flexibility index (Phi) is 3.62. The molecule has 2 N–H and O–H groups in total. The van der Waals surface area contributed by atoms with Gasteiger partial charge in [0.2, 0.25) is 0 Å². The zero-order valence-corrected chi connectivity index (χ0v) is 8.41. The van der Waals surface area contributed by atoms with Crippen LogP contribution >= 0.6 is 0 Å². The van der Waals surface area contributed by atoms with Gasteiger partial charge in [-0.1, -0.05) is 5.92 Å². The number of ether oxygens (including phenoxy) is 1. The molecule has 16 heavy (non-hydrogen) atoms. The van der Waals surface area contributed by atoms with E-state index in [1.807, 2.05) is 5.92 Å². The molecule has 4 nitrogen and oxygen atoms in total. The summed E-state index contributed by atoms with van der Waals surface area (Å²) < 4.78 is 17.5. The normalized spacial score (nSPS) is 8.88. The van der Waals surface area contributed by atoms with E-state index in [2.05, 4.69) is 10.7 Å². The standard InChI is InChI=1S/C11H8FNO3/c1-16-11(15)8-4-7(2-3-10(13)14)5-9(12)6-8/h4-6H,1H3,(H2,13,14). The van der Waals surface area contributed by atoms with Gasteiger partial charge in [-0.2, -0.15) is 0 Å². The van der Waals surface area contributed by atoms with Gasteiger partial charge in [0.05, 0.1) is 12.7 Å². The predicted octanol–water partition coefficient (Wildman–Crippen LogP) is 0.449. The summed E-state index contributed by atoms with van der Waals surface area (Å²) in [6.07, 6.45) is 0. The molecule has 0 heterocycles. The molecule has 0 fully saturated rings. The summed E-state index contributed by atoms with van der Waals surface area (Å²) in [4.78, 5) is 21.5. The quantitative estimate of drug-likeness (QED) is 0.553. The van der Waals surface area contributed by atoms with Gasteiger partial charge in [0.15, 0.2) is 0 Å². The molecule has 0 aliphatic rings. The van der Waals surface area contributed by atoms with Crippen LogP contribution in [0.3, 0.4) is 0 Å². The first-order chi connectivity index (χ1) is 7.52. The molecule has 0 aromatic heterocycles. The van der Waals surface area contributed by atoms with Gasteiger partial charge in [-0.3, -0.25) is 4.79 Å². The van der Waals surface area contributed by atoms with E-state index >= 15 is 0 Å². The van der Waals surface area contributed by atoms with Crippen molar-refractivity contribution in [2.24, 2.45) is 5.73 Å². The molecule has 1 amide bonds. The average Bonchev–Trinajstić information content (AvgIpc) is 2.24. The molecular formula is C11H8FNO3.